The first-order valence-electron chi connectivity index (χ1n) is 17.3. The smallest absolute Gasteiger partial charge is 0.337 e. The summed E-state index contributed by atoms with van der Waals surface area (Å²) in [5.74, 6) is -3.76. The van der Waals surface area contributed by atoms with E-state index in [1.165, 1.54) is 26.2 Å². The minimum Gasteiger partial charge on any atom is -0.505 e. The Balaban J connectivity index is 1.67. The molecule has 0 unspecified atom stereocenters. The van der Waals surface area contributed by atoms with Gasteiger partial charge in [0.05, 0.1) is 64.7 Å². The van der Waals surface area contributed by atoms with Crippen LogP contribution in [0, 0.1) is 0 Å². The molecule has 0 aliphatic carbocycles. The Morgan fingerprint density at radius 2 is 1.60 bits per heavy atom. The molecule has 306 valence electrons. The highest BCUT2D eigenvalue weighted by Crippen LogP contribution is 2.48. The van der Waals surface area contributed by atoms with Crippen LogP contribution in [-0.4, -0.2) is 76.1 Å². The van der Waals surface area contributed by atoms with E-state index in [9.17, 15) is 38.4 Å². The second-order valence-electron chi connectivity index (χ2n) is 11.8. The minimum atomic E-state index is -4.40. The third kappa shape index (κ3) is 10.4. The fourth-order valence-electron chi connectivity index (χ4n) is 5.33. The van der Waals surface area contributed by atoms with Gasteiger partial charge in [-0.1, -0.05) is 24.4 Å². The fraction of sp³-hybridized carbons (Fsp3) is 0.250. The SMILES string of the molecule is CCCCc1ccc(N=Nc2c(SOOOCC)cc3cc(S(=O)(=O)OCC)cc(Nc4nc(O)nc(Nc5cc(C(=O)O)ccc5C(=O)O)n4)c3c2O)c(OC)c1. The van der Waals surface area contributed by atoms with E-state index in [2.05, 4.69) is 42.7 Å². The summed E-state index contributed by atoms with van der Waals surface area (Å²) < 4.78 is 42.2. The molecular weight excluding hydrogens is 803 g/mol. The number of methoxy groups -OCH3 is 1. The molecule has 0 aliphatic rings. The van der Waals surface area contributed by atoms with E-state index < -0.39 is 45.7 Å². The van der Waals surface area contributed by atoms with Gasteiger partial charge in [0.15, 0.2) is 5.75 Å². The number of benzene rings is 4. The van der Waals surface area contributed by atoms with Crippen LogP contribution in [0.2, 0.25) is 0 Å². The number of carboxylic acid groups (broad SMARTS) is 2. The van der Waals surface area contributed by atoms with Gasteiger partial charge < -0.3 is 35.8 Å². The van der Waals surface area contributed by atoms with Gasteiger partial charge in [0.25, 0.3) is 10.1 Å². The standard InChI is InChI=1S/C36H37N7O13S2/c1-5-8-9-19-10-13-24(27(14-19)52-4)42-43-30-28(57-56-55-53-6-2)17-21-15-22(58(50,51)54-7-3)18-26(29(21)31(30)44)38-35-39-34(40-36(49)41-35)37-25-16-20(32(45)46)11-12-23(25)33(47)48/h10-18,44H,5-9H2,1-4H3,(H,45,46)(H,47,48)(H3,37,38,39,40,41,49). The summed E-state index contributed by atoms with van der Waals surface area (Å²) in [7, 11) is -2.92. The number of aryl methyl sites for hydroxylation is 1. The van der Waals surface area contributed by atoms with Gasteiger partial charge >= 0.3 is 17.9 Å². The van der Waals surface area contributed by atoms with Crippen LogP contribution in [0.5, 0.6) is 17.5 Å². The molecule has 20 nitrogen and oxygen atoms in total. The lowest BCUT2D eigenvalue weighted by atomic mass is 10.1. The number of rotatable bonds is 20. The van der Waals surface area contributed by atoms with Crippen molar-refractivity contribution in [2.24, 2.45) is 10.2 Å². The number of ether oxygens (including phenoxy) is 1. The molecule has 0 fully saturated rings. The summed E-state index contributed by atoms with van der Waals surface area (Å²) >= 11 is 0.571. The molecule has 5 rings (SSSR count). The van der Waals surface area contributed by atoms with E-state index in [-0.39, 0.29) is 62.0 Å². The summed E-state index contributed by atoms with van der Waals surface area (Å²) in [6.45, 7) is 5.14. The van der Waals surface area contributed by atoms with Crippen LogP contribution in [0.25, 0.3) is 10.8 Å². The third-order valence-corrected chi connectivity index (χ3v) is 9.91. The summed E-state index contributed by atoms with van der Waals surface area (Å²) in [5.41, 5.74) is 0.180. The molecule has 0 saturated heterocycles. The van der Waals surface area contributed by atoms with Crippen LogP contribution in [0.15, 0.2) is 74.6 Å². The first-order valence-corrected chi connectivity index (χ1v) is 19.5. The van der Waals surface area contributed by atoms with Crippen molar-refractivity contribution in [3.05, 3.63) is 71.3 Å². The molecule has 58 heavy (non-hydrogen) atoms. The molecule has 0 saturated carbocycles. The zero-order valence-electron chi connectivity index (χ0n) is 31.2. The maximum Gasteiger partial charge on any atom is 0.337 e. The summed E-state index contributed by atoms with van der Waals surface area (Å²) in [4.78, 5) is 39.8. The topological polar surface area (TPSA) is 283 Å². The maximum absolute atomic E-state index is 13.2. The number of nitrogens with zero attached hydrogens (tertiary/aromatic N) is 5. The molecule has 0 radical (unpaired) electrons. The zero-order valence-corrected chi connectivity index (χ0v) is 32.9. The number of hydrogen-bond donors (Lipinski definition) is 6. The molecule has 0 spiro atoms. The Kier molecular flexibility index (Phi) is 14.3. The van der Waals surface area contributed by atoms with Crippen molar-refractivity contribution in [2.45, 2.75) is 49.8 Å². The van der Waals surface area contributed by atoms with Gasteiger partial charge in [0.2, 0.25) is 11.9 Å². The van der Waals surface area contributed by atoms with Gasteiger partial charge in [-0.05, 0) is 86.2 Å². The molecule has 0 bridgehead atoms. The molecule has 0 atom stereocenters. The highest BCUT2D eigenvalue weighted by Gasteiger charge is 2.24. The summed E-state index contributed by atoms with van der Waals surface area (Å²) in [6, 6.07) is 11.5. The highest BCUT2D eigenvalue weighted by molar-refractivity contribution is 7.94. The van der Waals surface area contributed by atoms with E-state index >= 15 is 0 Å². The van der Waals surface area contributed by atoms with Crippen LogP contribution in [0.4, 0.5) is 34.6 Å². The van der Waals surface area contributed by atoms with Gasteiger partial charge in [0, 0.05) is 5.39 Å². The van der Waals surface area contributed by atoms with Crippen molar-refractivity contribution in [3.63, 3.8) is 0 Å². The van der Waals surface area contributed by atoms with Crippen molar-refractivity contribution >= 4 is 79.5 Å². The summed E-state index contributed by atoms with van der Waals surface area (Å²) in [5, 5.41) is 60.3. The Hall–Kier alpha value is -6.17. The van der Waals surface area contributed by atoms with Gasteiger partial charge in [-0.2, -0.15) is 23.4 Å². The van der Waals surface area contributed by atoms with E-state index in [0.717, 1.165) is 49.1 Å². The highest BCUT2D eigenvalue weighted by atomic mass is 32.2. The Morgan fingerprint density at radius 1 is 0.862 bits per heavy atom. The van der Waals surface area contributed by atoms with Crippen molar-refractivity contribution < 1.29 is 61.6 Å². The second-order valence-corrected chi connectivity index (χ2v) is 14.2. The van der Waals surface area contributed by atoms with E-state index in [0.29, 0.717) is 23.5 Å². The molecule has 1 aromatic heterocycles. The number of carboxylic acids is 2. The first-order chi connectivity index (χ1) is 27.8. The fourth-order valence-corrected chi connectivity index (χ4v) is 6.85. The Morgan fingerprint density at radius 3 is 2.26 bits per heavy atom. The molecule has 5 aromatic rings. The first kappa shape index (κ1) is 43.0. The molecule has 4 aromatic carbocycles. The quantitative estimate of drug-likeness (QED) is 0.0109. The number of phenols is 1. The van der Waals surface area contributed by atoms with E-state index in [4.69, 9.17) is 23.2 Å². The number of hydrogen-bond acceptors (Lipinski definition) is 19. The maximum atomic E-state index is 13.2. The van der Waals surface area contributed by atoms with Crippen molar-refractivity contribution in [2.75, 3.05) is 31.0 Å². The lowest BCUT2D eigenvalue weighted by molar-refractivity contribution is -0.458. The minimum absolute atomic E-state index is 0.0434. The largest absolute Gasteiger partial charge is 0.505 e. The normalized spacial score (nSPS) is 11.6. The predicted molar refractivity (Wildman–Crippen MR) is 208 cm³/mol. The zero-order chi connectivity index (χ0) is 42.0. The molecule has 0 aliphatic heterocycles. The second kappa shape index (κ2) is 19.3. The van der Waals surface area contributed by atoms with Crippen molar-refractivity contribution in [1.29, 1.82) is 0 Å². The lowest BCUT2D eigenvalue weighted by Gasteiger charge is -2.16. The van der Waals surface area contributed by atoms with Crippen molar-refractivity contribution in [3.8, 4) is 17.5 Å². The number of aromatic carboxylic acids is 2. The Bertz CT molecular complexity index is 2470. The molecule has 6 N–H and O–H groups in total. The number of phenolic OH excluding ortho intramolecular Hbond substituents is 1. The van der Waals surface area contributed by atoms with Gasteiger partial charge in [-0.3, -0.25) is 4.18 Å². The predicted octanol–water partition coefficient (Wildman–Crippen LogP) is 7.72. The van der Waals surface area contributed by atoms with E-state index in [1.807, 2.05) is 12.1 Å². The van der Waals surface area contributed by atoms with Gasteiger partial charge in [-0.15, -0.1) is 14.6 Å². The van der Waals surface area contributed by atoms with Crippen LogP contribution in [-0.2, 0) is 35.0 Å². The van der Waals surface area contributed by atoms with Gasteiger partial charge in [0.1, 0.15) is 17.1 Å². The van der Waals surface area contributed by atoms with Crippen LogP contribution in [0.3, 0.4) is 0 Å². The number of aromatic nitrogens is 3. The number of azo groups is 1. The molecular formula is C36H37N7O13S2. The number of nitrogens with one attached hydrogen (secondary N) is 2. The third-order valence-electron chi connectivity index (χ3n) is 7.94. The molecule has 1 heterocycles. The van der Waals surface area contributed by atoms with Crippen molar-refractivity contribution in [1.82, 2.24) is 15.0 Å². The average molecular weight is 840 g/mol. The molecule has 0 amide bonds. The number of unbranched alkanes of at least 4 members (excludes halogenated alkanes) is 1. The number of aromatic hydroxyl groups is 2. The number of carbonyl (C=O) groups is 2. The van der Waals surface area contributed by atoms with Crippen LogP contribution >= 0.6 is 12.0 Å². The summed E-state index contributed by atoms with van der Waals surface area (Å²) in [6.07, 6.45) is 2.79. The van der Waals surface area contributed by atoms with Crippen LogP contribution in [0.1, 0.15) is 59.9 Å². The lowest BCUT2D eigenvalue weighted by Crippen LogP contribution is -2.09. The number of anilines is 4. The Labute approximate surface area is 335 Å². The monoisotopic (exact) mass is 839 g/mol. The van der Waals surface area contributed by atoms with Crippen LogP contribution < -0.4 is 15.4 Å². The average Bonchev–Trinajstić information content (AvgIpc) is 3.18. The molecule has 22 heteroatoms. The number of fused-ring (bicyclic) bond motifs is 1. The van der Waals surface area contributed by atoms with Gasteiger partial charge in [-0.25, -0.2) is 14.5 Å². The van der Waals surface area contributed by atoms with E-state index in [1.54, 1.807) is 13.0 Å².